The molecule has 8 aromatic carbocycles. The van der Waals surface area contributed by atoms with Gasteiger partial charge in [0, 0.05) is 43.8 Å². The van der Waals surface area contributed by atoms with Gasteiger partial charge < -0.3 is 20.2 Å². The smallest absolute Gasteiger partial charge is 0.0281 e. The van der Waals surface area contributed by atoms with E-state index in [0.29, 0.717) is 0 Å². The molecule has 0 saturated carbocycles. The molecular formula is C63H44IrN4-4. The van der Waals surface area contributed by atoms with Crippen LogP contribution in [0.1, 0.15) is 16.7 Å². The first kappa shape index (κ1) is 43.9. The van der Waals surface area contributed by atoms with Crippen LogP contribution in [0.5, 0.6) is 0 Å². The van der Waals surface area contributed by atoms with Crippen LogP contribution in [0.4, 0.5) is 5.69 Å². The molecule has 0 atom stereocenters. The van der Waals surface area contributed by atoms with Crippen molar-refractivity contribution in [2.75, 3.05) is 4.90 Å². The second-order valence-electron chi connectivity index (χ2n) is 16.7. The Hall–Kier alpha value is -7.95. The Kier molecular flexibility index (Phi) is 13.1. The van der Waals surface area contributed by atoms with Gasteiger partial charge in [-0.25, -0.2) is 0 Å². The van der Waals surface area contributed by atoms with Crippen LogP contribution in [0.15, 0.2) is 231 Å². The maximum absolute atomic E-state index is 5.04. The summed E-state index contributed by atoms with van der Waals surface area (Å²) in [5.41, 5.74) is 20.8. The predicted molar refractivity (Wildman–Crippen MR) is 275 cm³/mol. The van der Waals surface area contributed by atoms with E-state index in [2.05, 4.69) is 192 Å². The van der Waals surface area contributed by atoms with E-state index in [9.17, 15) is 0 Å². The molecule has 0 fully saturated rings. The van der Waals surface area contributed by atoms with Gasteiger partial charge in [0.1, 0.15) is 0 Å². The molecule has 0 bridgehead atoms. The number of nitrogens with zero attached hydrogens (tertiary/aromatic N) is 3. The van der Waals surface area contributed by atoms with E-state index in [1.54, 1.807) is 0 Å². The minimum absolute atomic E-state index is 0. The summed E-state index contributed by atoms with van der Waals surface area (Å²) < 4.78 is 0. The standard InChI is InChI=1S/C63H44N4.Ir/c1-4-15-47(16-5-1)48-30-32-49(33-31-48)51-19-14-20-52(39-51)62-36-34-53(42-65-62)57-23-10-11-24-58(57)54-37-46(28-27-45-29-35-61(64-41-45)50-17-6-2-7-18-50)38-55(40-54)59-25-12-13-26-60(59)63-43-67(44-66-63)56-21-8-3-9-22-56;/h1-17,19,21,23-26,29-44,66H,27-28H2;/q-4;. The van der Waals surface area contributed by atoms with Gasteiger partial charge in [-0.3, -0.25) is 0 Å². The van der Waals surface area contributed by atoms with Crippen molar-refractivity contribution in [3.05, 3.63) is 272 Å². The molecule has 0 saturated heterocycles. The van der Waals surface area contributed by atoms with E-state index < -0.39 is 0 Å². The summed E-state index contributed by atoms with van der Waals surface area (Å²) in [6.45, 7) is 1.99. The Labute approximate surface area is 412 Å². The van der Waals surface area contributed by atoms with Crippen LogP contribution >= 0.6 is 0 Å². The third kappa shape index (κ3) is 9.63. The molecule has 1 N–H and O–H groups in total. The van der Waals surface area contributed by atoms with Crippen molar-refractivity contribution in [2.24, 2.45) is 0 Å². The van der Waals surface area contributed by atoms with Gasteiger partial charge in [0.2, 0.25) is 0 Å². The minimum Gasteiger partial charge on any atom is -0.514 e. The van der Waals surface area contributed by atoms with Crippen molar-refractivity contribution in [3.63, 3.8) is 0 Å². The first-order valence-electron chi connectivity index (χ1n) is 22.6. The number of nitrogens with one attached hydrogen (secondary N) is 1. The molecule has 0 unspecified atom stereocenters. The van der Waals surface area contributed by atoms with Gasteiger partial charge in [0.05, 0.1) is 0 Å². The summed E-state index contributed by atoms with van der Waals surface area (Å²) in [7, 11) is 0. The summed E-state index contributed by atoms with van der Waals surface area (Å²) in [5, 5.41) is 3.54. The Morgan fingerprint density at radius 1 is 0.412 bits per heavy atom. The third-order valence-corrected chi connectivity index (χ3v) is 12.3. The van der Waals surface area contributed by atoms with Crippen LogP contribution in [0.3, 0.4) is 0 Å². The Morgan fingerprint density at radius 3 is 1.66 bits per heavy atom. The number of aromatic nitrogens is 2. The van der Waals surface area contributed by atoms with Gasteiger partial charge >= 0.3 is 0 Å². The number of hydrogen-bond acceptors (Lipinski definition) is 4. The number of benzene rings is 8. The van der Waals surface area contributed by atoms with Gasteiger partial charge in [-0.1, -0.05) is 140 Å². The SMILES string of the molecule is [Ir].[c-]1ccccc1-c1ccc(CCc2cc(-c3ccccc3C3=CN(c4[c-]cccc4)[CH-]N3)cc(-c3ccccc3-c3ccc(-c4[c-]ccc(-c5ccc(-c6ccccc6)cc5)c4)nc3)c2)cn1. The monoisotopic (exact) mass is 1050 g/mol. The van der Waals surface area contributed by atoms with E-state index >= 15 is 0 Å². The molecule has 0 spiro atoms. The summed E-state index contributed by atoms with van der Waals surface area (Å²) in [4.78, 5) is 11.9. The molecule has 329 valence electrons. The average molecular weight is 1050 g/mol. The van der Waals surface area contributed by atoms with E-state index in [0.717, 1.165) is 96.8 Å². The molecule has 0 amide bonds. The average Bonchev–Trinajstić information content (AvgIpc) is 3.92. The number of anilines is 1. The predicted octanol–water partition coefficient (Wildman–Crippen LogP) is 14.9. The zero-order valence-electron chi connectivity index (χ0n) is 37.1. The fourth-order valence-corrected chi connectivity index (χ4v) is 8.85. The zero-order valence-corrected chi connectivity index (χ0v) is 39.5. The van der Waals surface area contributed by atoms with Crippen LogP contribution in [-0.4, -0.2) is 9.97 Å². The van der Waals surface area contributed by atoms with E-state index in [1.165, 1.54) is 22.3 Å². The maximum atomic E-state index is 5.04. The van der Waals surface area contributed by atoms with Crippen LogP contribution in [0.2, 0.25) is 0 Å². The molecule has 0 aliphatic carbocycles. The molecule has 3 heterocycles. The number of para-hydroxylation sites is 1. The fourth-order valence-electron chi connectivity index (χ4n) is 8.85. The van der Waals surface area contributed by atoms with Crippen LogP contribution in [-0.2, 0) is 32.9 Å². The number of hydrogen-bond donors (Lipinski definition) is 1. The van der Waals surface area contributed by atoms with Gasteiger partial charge in [-0.2, -0.15) is 37.0 Å². The summed E-state index contributed by atoms with van der Waals surface area (Å²) in [6, 6.07) is 84.6. The van der Waals surface area contributed by atoms with Gasteiger partial charge in [0.25, 0.3) is 0 Å². The van der Waals surface area contributed by atoms with Crippen LogP contribution in [0, 0.1) is 24.9 Å². The fraction of sp³-hybridized carbons (Fsp3) is 0.0317. The van der Waals surface area contributed by atoms with Crippen molar-refractivity contribution in [2.45, 2.75) is 12.8 Å². The summed E-state index contributed by atoms with van der Waals surface area (Å²) in [6.07, 6.45) is 7.84. The van der Waals surface area contributed by atoms with Crippen molar-refractivity contribution in [1.29, 1.82) is 0 Å². The first-order valence-corrected chi connectivity index (χ1v) is 22.6. The quantitative estimate of drug-likeness (QED) is 0.124. The molecule has 1 radical (unpaired) electrons. The van der Waals surface area contributed by atoms with Crippen molar-refractivity contribution in [1.82, 2.24) is 15.3 Å². The Balaban J connectivity index is 0.00000539. The van der Waals surface area contributed by atoms with E-state index in [-0.39, 0.29) is 20.1 Å². The van der Waals surface area contributed by atoms with Gasteiger partial charge in [-0.15, -0.1) is 77.0 Å². The topological polar surface area (TPSA) is 41.0 Å². The normalized spacial score (nSPS) is 11.9. The molecule has 2 aromatic heterocycles. The Morgan fingerprint density at radius 2 is 0.985 bits per heavy atom. The zero-order chi connectivity index (χ0) is 44.8. The van der Waals surface area contributed by atoms with Crippen LogP contribution < -0.4 is 10.2 Å². The Bertz CT molecular complexity index is 3320. The van der Waals surface area contributed by atoms with Crippen molar-refractivity contribution >= 4 is 11.4 Å². The van der Waals surface area contributed by atoms with Gasteiger partial charge in [0.15, 0.2) is 0 Å². The second kappa shape index (κ2) is 20.3. The van der Waals surface area contributed by atoms with E-state index in [4.69, 9.17) is 9.97 Å². The summed E-state index contributed by atoms with van der Waals surface area (Å²) in [5.74, 6) is 0. The number of rotatable bonds is 12. The van der Waals surface area contributed by atoms with E-state index in [1.807, 2.05) is 73.7 Å². The molecular weight excluding hydrogens is 1000 g/mol. The molecule has 1 aliphatic rings. The molecule has 1 aliphatic heterocycles. The molecule has 4 nitrogen and oxygen atoms in total. The first-order chi connectivity index (χ1) is 33.2. The van der Waals surface area contributed by atoms with Crippen LogP contribution in [0.25, 0.3) is 83.8 Å². The van der Waals surface area contributed by atoms with Gasteiger partial charge in [-0.05, 0) is 97.7 Å². The van der Waals surface area contributed by atoms with Crippen molar-refractivity contribution < 1.29 is 20.1 Å². The number of aryl methyl sites for hydroxylation is 2. The molecule has 68 heavy (non-hydrogen) atoms. The largest absolute Gasteiger partial charge is 0.514 e. The third-order valence-electron chi connectivity index (χ3n) is 12.3. The molecule has 10 aromatic rings. The maximum Gasteiger partial charge on any atom is 0.0281 e. The molecule has 5 heteroatoms. The minimum atomic E-state index is 0. The summed E-state index contributed by atoms with van der Waals surface area (Å²) >= 11 is 0. The molecule has 11 rings (SSSR count). The second-order valence-corrected chi connectivity index (χ2v) is 16.7. The van der Waals surface area contributed by atoms with Crippen molar-refractivity contribution in [3.8, 4) is 78.1 Å². The number of pyridine rings is 2.